The van der Waals surface area contributed by atoms with Crippen molar-refractivity contribution in [3.05, 3.63) is 17.5 Å². The SMILES string of the molecule is Cc1cc(C(N)=S)nc(N(C)CC(=O)NCC(C)C)n1. The Labute approximate surface area is 124 Å². The fraction of sp³-hybridized carbons (Fsp3) is 0.538. The highest BCUT2D eigenvalue weighted by molar-refractivity contribution is 7.80. The number of nitrogens with one attached hydrogen (secondary N) is 1. The highest BCUT2D eigenvalue weighted by Gasteiger charge is 2.12. The second kappa shape index (κ2) is 7.14. The highest BCUT2D eigenvalue weighted by atomic mass is 32.1. The number of anilines is 1. The molecule has 0 aliphatic heterocycles. The summed E-state index contributed by atoms with van der Waals surface area (Å²) in [6.45, 7) is 6.76. The Morgan fingerprint density at radius 2 is 2.15 bits per heavy atom. The largest absolute Gasteiger partial charge is 0.388 e. The Morgan fingerprint density at radius 1 is 1.50 bits per heavy atom. The van der Waals surface area contributed by atoms with Gasteiger partial charge in [0.2, 0.25) is 11.9 Å². The molecule has 1 aromatic rings. The summed E-state index contributed by atoms with van der Waals surface area (Å²) in [5.74, 6) is 0.788. The fourth-order valence-corrected chi connectivity index (χ4v) is 1.61. The van der Waals surface area contributed by atoms with Crippen molar-refractivity contribution in [2.45, 2.75) is 20.8 Å². The summed E-state index contributed by atoms with van der Waals surface area (Å²) in [6, 6.07) is 1.72. The van der Waals surface area contributed by atoms with E-state index in [9.17, 15) is 4.79 Å². The van der Waals surface area contributed by atoms with Crippen LogP contribution >= 0.6 is 12.2 Å². The van der Waals surface area contributed by atoms with Crippen LogP contribution < -0.4 is 16.0 Å². The highest BCUT2D eigenvalue weighted by Crippen LogP contribution is 2.08. The van der Waals surface area contributed by atoms with Gasteiger partial charge in [-0.3, -0.25) is 4.79 Å². The maximum Gasteiger partial charge on any atom is 0.239 e. The van der Waals surface area contributed by atoms with E-state index in [0.717, 1.165) is 5.69 Å². The normalized spacial score (nSPS) is 10.4. The number of nitrogens with two attached hydrogens (primary N) is 1. The maximum absolute atomic E-state index is 11.8. The Balaban J connectivity index is 2.74. The number of thiocarbonyl (C=S) groups is 1. The quantitative estimate of drug-likeness (QED) is 0.749. The lowest BCUT2D eigenvalue weighted by Gasteiger charge is -2.18. The molecular weight excluding hydrogens is 274 g/mol. The van der Waals surface area contributed by atoms with Gasteiger partial charge in [-0.25, -0.2) is 9.97 Å². The van der Waals surface area contributed by atoms with Gasteiger partial charge in [-0.1, -0.05) is 26.1 Å². The van der Waals surface area contributed by atoms with E-state index in [1.807, 2.05) is 20.8 Å². The Kier molecular flexibility index (Phi) is 5.82. The molecule has 3 N–H and O–H groups in total. The second-order valence-electron chi connectivity index (χ2n) is 5.11. The minimum absolute atomic E-state index is 0.0665. The lowest BCUT2D eigenvalue weighted by atomic mass is 10.2. The van der Waals surface area contributed by atoms with Crippen LogP contribution in [-0.2, 0) is 4.79 Å². The molecular formula is C13H21N5OS. The van der Waals surface area contributed by atoms with Gasteiger partial charge in [0.25, 0.3) is 0 Å². The zero-order chi connectivity index (χ0) is 15.3. The van der Waals surface area contributed by atoms with Crippen molar-refractivity contribution in [3.8, 4) is 0 Å². The minimum atomic E-state index is -0.0665. The first-order valence-corrected chi connectivity index (χ1v) is 6.83. The minimum Gasteiger partial charge on any atom is -0.388 e. The molecule has 0 aliphatic carbocycles. The molecule has 0 fully saturated rings. The average Bonchev–Trinajstić information content (AvgIpc) is 2.35. The van der Waals surface area contributed by atoms with Gasteiger partial charge in [-0.05, 0) is 18.9 Å². The average molecular weight is 295 g/mol. The van der Waals surface area contributed by atoms with Crippen molar-refractivity contribution < 1.29 is 4.79 Å². The van der Waals surface area contributed by atoms with Gasteiger partial charge in [0.1, 0.15) is 10.7 Å². The van der Waals surface area contributed by atoms with Gasteiger partial charge in [-0.2, -0.15) is 0 Å². The molecule has 0 bridgehead atoms. The van der Waals surface area contributed by atoms with Crippen molar-refractivity contribution in [1.82, 2.24) is 15.3 Å². The van der Waals surface area contributed by atoms with Crippen LogP contribution in [0, 0.1) is 12.8 Å². The fourth-order valence-electron chi connectivity index (χ4n) is 1.51. The maximum atomic E-state index is 11.8. The molecule has 1 rings (SSSR count). The van der Waals surface area contributed by atoms with Gasteiger partial charge in [0, 0.05) is 19.3 Å². The first kappa shape index (κ1) is 16.3. The molecule has 1 heterocycles. The van der Waals surface area contributed by atoms with Crippen molar-refractivity contribution >= 4 is 29.1 Å². The summed E-state index contributed by atoms with van der Waals surface area (Å²) in [5, 5.41) is 2.85. The number of rotatable bonds is 6. The number of carbonyl (C=O) groups excluding carboxylic acids is 1. The van der Waals surface area contributed by atoms with E-state index in [1.165, 1.54) is 0 Å². The number of hydrogen-bond acceptors (Lipinski definition) is 5. The van der Waals surface area contributed by atoms with Crippen molar-refractivity contribution in [2.75, 3.05) is 25.0 Å². The van der Waals surface area contributed by atoms with Crippen LogP contribution in [0.25, 0.3) is 0 Å². The monoisotopic (exact) mass is 295 g/mol. The standard InChI is InChI=1S/C13H21N5OS/c1-8(2)6-15-11(19)7-18(4)13-16-9(3)5-10(17-13)12(14)20/h5,8H,6-7H2,1-4H3,(H2,14,20)(H,15,19). The van der Waals surface area contributed by atoms with Crippen molar-refractivity contribution in [1.29, 1.82) is 0 Å². The molecule has 0 unspecified atom stereocenters. The molecule has 0 aliphatic rings. The van der Waals surface area contributed by atoms with Crippen LogP contribution in [0.1, 0.15) is 25.2 Å². The molecule has 1 amide bonds. The summed E-state index contributed by atoms with van der Waals surface area (Å²) >= 11 is 4.92. The van der Waals surface area contributed by atoms with Gasteiger partial charge in [0.05, 0.1) is 6.54 Å². The van der Waals surface area contributed by atoms with E-state index in [-0.39, 0.29) is 17.4 Å². The molecule has 6 nitrogen and oxygen atoms in total. The zero-order valence-electron chi connectivity index (χ0n) is 12.3. The van der Waals surface area contributed by atoms with Crippen LogP contribution in [0.3, 0.4) is 0 Å². The summed E-state index contributed by atoms with van der Waals surface area (Å²) in [7, 11) is 1.76. The topological polar surface area (TPSA) is 84.1 Å². The summed E-state index contributed by atoms with van der Waals surface area (Å²) in [4.78, 5) is 22.2. The van der Waals surface area contributed by atoms with Crippen LogP contribution in [0.2, 0.25) is 0 Å². The third-order valence-corrected chi connectivity index (χ3v) is 2.73. The molecule has 7 heteroatoms. The molecule has 0 saturated heterocycles. The third kappa shape index (κ3) is 5.08. The molecule has 0 radical (unpaired) electrons. The predicted molar refractivity (Wildman–Crippen MR) is 83.8 cm³/mol. The molecule has 20 heavy (non-hydrogen) atoms. The van der Waals surface area contributed by atoms with E-state index in [2.05, 4.69) is 15.3 Å². The van der Waals surface area contributed by atoms with Gasteiger partial charge in [-0.15, -0.1) is 0 Å². The van der Waals surface area contributed by atoms with E-state index >= 15 is 0 Å². The smallest absolute Gasteiger partial charge is 0.239 e. The predicted octanol–water partition coefficient (Wildman–Crippen LogP) is 0.628. The van der Waals surface area contributed by atoms with Gasteiger partial charge in [0.15, 0.2) is 0 Å². The number of hydrogen-bond donors (Lipinski definition) is 2. The number of nitrogens with zero attached hydrogens (tertiary/aromatic N) is 3. The van der Waals surface area contributed by atoms with E-state index < -0.39 is 0 Å². The number of amides is 1. The molecule has 1 aromatic heterocycles. The lowest BCUT2D eigenvalue weighted by Crippen LogP contribution is -2.37. The van der Waals surface area contributed by atoms with E-state index in [4.69, 9.17) is 18.0 Å². The number of likely N-dealkylation sites (N-methyl/N-ethyl adjacent to an activating group) is 1. The van der Waals surface area contributed by atoms with Crippen LogP contribution in [0.4, 0.5) is 5.95 Å². The Hall–Kier alpha value is -1.76. The van der Waals surface area contributed by atoms with E-state index in [1.54, 1.807) is 18.0 Å². The Morgan fingerprint density at radius 3 is 2.70 bits per heavy atom. The lowest BCUT2D eigenvalue weighted by molar-refractivity contribution is -0.119. The molecule has 0 aromatic carbocycles. The molecule has 0 spiro atoms. The number of aromatic nitrogens is 2. The van der Waals surface area contributed by atoms with Crippen molar-refractivity contribution in [3.63, 3.8) is 0 Å². The molecule has 110 valence electrons. The van der Waals surface area contributed by atoms with Crippen LogP contribution in [0.15, 0.2) is 6.07 Å². The summed E-state index contributed by atoms with van der Waals surface area (Å²) < 4.78 is 0. The first-order valence-electron chi connectivity index (χ1n) is 6.43. The number of carbonyl (C=O) groups is 1. The van der Waals surface area contributed by atoms with E-state index in [0.29, 0.717) is 24.1 Å². The van der Waals surface area contributed by atoms with Crippen LogP contribution in [0.5, 0.6) is 0 Å². The van der Waals surface area contributed by atoms with Gasteiger partial charge < -0.3 is 16.0 Å². The summed E-state index contributed by atoms with van der Waals surface area (Å²) in [6.07, 6.45) is 0. The summed E-state index contributed by atoms with van der Waals surface area (Å²) in [5.41, 5.74) is 6.85. The number of aryl methyl sites for hydroxylation is 1. The third-order valence-electron chi connectivity index (χ3n) is 2.52. The zero-order valence-corrected chi connectivity index (χ0v) is 13.1. The van der Waals surface area contributed by atoms with Gasteiger partial charge >= 0.3 is 0 Å². The van der Waals surface area contributed by atoms with Crippen LogP contribution in [-0.4, -0.2) is 41.0 Å². The first-order chi connectivity index (χ1) is 9.29. The van der Waals surface area contributed by atoms with Crippen molar-refractivity contribution in [2.24, 2.45) is 11.7 Å². The Bertz CT molecular complexity index is 504. The molecule has 0 saturated carbocycles. The second-order valence-corrected chi connectivity index (χ2v) is 5.55. The molecule has 0 atom stereocenters.